The Hall–Kier alpha value is -1.87. The van der Waals surface area contributed by atoms with Gasteiger partial charge < -0.3 is 14.9 Å². The van der Waals surface area contributed by atoms with Crippen molar-refractivity contribution in [1.29, 1.82) is 0 Å². The molecule has 1 aromatic heterocycles. The maximum Gasteiger partial charge on any atom is 0.374 e. The Balaban J connectivity index is 0.00000288. The Morgan fingerprint density at radius 3 is 2.54 bits per heavy atom. The summed E-state index contributed by atoms with van der Waals surface area (Å²) in [6, 6.07) is 11.1. The highest BCUT2D eigenvalue weighted by Gasteiger charge is 2.22. The van der Waals surface area contributed by atoms with Crippen molar-refractivity contribution in [2.45, 2.75) is 18.1 Å². The number of esters is 1. The third kappa shape index (κ3) is 5.07. The van der Waals surface area contributed by atoms with Crippen molar-refractivity contribution in [3.8, 4) is 0 Å². The molecule has 0 bridgehead atoms. The van der Waals surface area contributed by atoms with Crippen LogP contribution in [-0.4, -0.2) is 27.5 Å². The summed E-state index contributed by atoms with van der Waals surface area (Å²) < 4.78 is 36.4. The fourth-order valence-corrected chi connectivity index (χ4v) is 2.85. The largest absolute Gasteiger partial charge is 0.460 e. The minimum absolute atomic E-state index is 0. The predicted molar refractivity (Wildman–Crippen MR) is 90.5 cm³/mol. The summed E-state index contributed by atoms with van der Waals surface area (Å²) in [6.45, 7) is 1.82. The lowest BCUT2D eigenvalue weighted by Gasteiger charge is -2.12. The van der Waals surface area contributed by atoms with E-state index in [1.807, 2.05) is 30.3 Å². The van der Waals surface area contributed by atoms with E-state index in [0.29, 0.717) is 0 Å². The third-order valence-electron chi connectivity index (χ3n) is 3.04. The quantitative estimate of drug-likeness (QED) is 0.715. The Kier molecular flexibility index (Phi) is 7.43. The van der Waals surface area contributed by atoms with Crippen molar-refractivity contribution in [2.75, 3.05) is 13.2 Å². The Labute approximate surface area is 146 Å². The van der Waals surface area contributed by atoms with Crippen molar-refractivity contribution in [2.24, 2.45) is 5.73 Å². The van der Waals surface area contributed by atoms with Crippen LogP contribution in [0, 0.1) is 0 Å². The molecule has 3 N–H and O–H groups in total. The molecule has 0 spiro atoms. The molecule has 2 aromatic rings. The zero-order valence-electron chi connectivity index (χ0n) is 13.0. The molecular weight excluding hydrogens is 356 g/mol. The standard InChI is InChI=1S/C15H18N2O5S.ClH/c1-2-21-15(18)13-8-9-14(22-13)23(19,20)17-10-12(16)11-6-4-3-5-7-11;/h3-9,12,17H,2,10,16H2,1H3;1H. The van der Waals surface area contributed by atoms with Crippen molar-refractivity contribution >= 4 is 28.4 Å². The van der Waals surface area contributed by atoms with Crippen LogP contribution in [0.1, 0.15) is 29.1 Å². The van der Waals surface area contributed by atoms with Gasteiger partial charge in [0, 0.05) is 12.6 Å². The average Bonchev–Trinajstić information content (AvgIpc) is 3.05. The molecule has 0 radical (unpaired) electrons. The number of furan rings is 1. The first-order valence-electron chi connectivity index (χ1n) is 7.01. The van der Waals surface area contributed by atoms with Gasteiger partial charge in [-0.05, 0) is 24.6 Å². The minimum atomic E-state index is -3.90. The zero-order chi connectivity index (χ0) is 16.9. The van der Waals surface area contributed by atoms with Crippen molar-refractivity contribution in [1.82, 2.24) is 4.72 Å². The monoisotopic (exact) mass is 374 g/mol. The lowest BCUT2D eigenvalue weighted by atomic mass is 10.1. The molecule has 1 aromatic carbocycles. The summed E-state index contributed by atoms with van der Waals surface area (Å²) in [6.07, 6.45) is 0. The molecule has 0 aliphatic rings. The van der Waals surface area contributed by atoms with Gasteiger partial charge in [0.1, 0.15) is 0 Å². The van der Waals surface area contributed by atoms with E-state index in [9.17, 15) is 13.2 Å². The van der Waals surface area contributed by atoms with Gasteiger partial charge in [-0.1, -0.05) is 30.3 Å². The Bertz CT molecular complexity index is 761. The van der Waals surface area contributed by atoms with E-state index in [4.69, 9.17) is 14.9 Å². The number of nitrogens with one attached hydrogen (secondary N) is 1. The van der Waals surface area contributed by atoms with Crippen LogP contribution in [0.4, 0.5) is 0 Å². The zero-order valence-corrected chi connectivity index (χ0v) is 14.6. The molecule has 7 nitrogen and oxygen atoms in total. The highest BCUT2D eigenvalue weighted by Crippen LogP contribution is 2.16. The number of sulfonamides is 1. The number of hydrogen-bond acceptors (Lipinski definition) is 6. The molecule has 9 heteroatoms. The molecule has 0 fully saturated rings. The van der Waals surface area contributed by atoms with Crippen LogP contribution in [0.3, 0.4) is 0 Å². The van der Waals surface area contributed by atoms with Gasteiger partial charge in [0.25, 0.3) is 10.0 Å². The van der Waals surface area contributed by atoms with Crippen LogP contribution in [0.5, 0.6) is 0 Å². The number of nitrogens with two attached hydrogens (primary N) is 1. The SMILES string of the molecule is CCOC(=O)c1ccc(S(=O)(=O)NCC(N)c2ccccc2)o1.Cl. The van der Waals surface area contributed by atoms with E-state index in [-0.39, 0.29) is 36.4 Å². The molecule has 1 atom stereocenters. The fraction of sp³-hybridized carbons (Fsp3) is 0.267. The fourth-order valence-electron chi connectivity index (χ4n) is 1.87. The second kappa shape index (κ2) is 8.84. The molecule has 24 heavy (non-hydrogen) atoms. The van der Waals surface area contributed by atoms with Crippen LogP contribution < -0.4 is 10.5 Å². The average molecular weight is 375 g/mol. The third-order valence-corrected chi connectivity index (χ3v) is 4.34. The maximum absolute atomic E-state index is 12.1. The Morgan fingerprint density at radius 1 is 1.25 bits per heavy atom. The number of hydrogen-bond donors (Lipinski definition) is 2. The number of benzene rings is 1. The molecule has 1 unspecified atom stereocenters. The second-order valence-corrected chi connectivity index (χ2v) is 6.41. The molecule has 0 aliphatic carbocycles. The van der Waals surface area contributed by atoms with Gasteiger partial charge in [0.15, 0.2) is 0 Å². The number of carbonyl (C=O) groups is 1. The molecule has 132 valence electrons. The Morgan fingerprint density at radius 2 is 1.92 bits per heavy atom. The molecule has 0 saturated heterocycles. The predicted octanol–water partition coefficient (Wildman–Crippen LogP) is 1.86. The van der Waals surface area contributed by atoms with Crippen molar-refractivity contribution < 1.29 is 22.4 Å². The number of rotatable bonds is 7. The van der Waals surface area contributed by atoms with Crippen molar-refractivity contribution in [3.63, 3.8) is 0 Å². The van der Waals surface area contributed by atoms with Gasteiger partial charge in [-0.25, -0.2) is 17.9 Å². The number of carbonyl (C=O) groups excluding carboxylic acids is 1. The summed E-state index contributed by atoms with van der Waals surface area (Å²) in [4.78, 5) is 11.5. The molecule has 0 saturated carbocycles. The van der Waals surface area contributed by atoms with Gasteiger partial charge in [-0.3, -0.25) is 0 Å². The lowest BCUT2D eigenvalue weighted by Crippen LogP contribution is -2.31. The highest BCUT2D eigenvalue weighted by molar-refractivity contribution is 7.89. The van der Waals surface area contributed by atoms with E-state index in [1.54, 1.807) is 6.92 Å². The smallest absolute Gasteiger partial charge is 0.374 e. The summed E-state index contributed by atoms with van der Waals surface area (Å²) in [5.41, 5.74) is 6.75. The van der Waals surface area contributed by atoms with Crippen molar-refractivity contribution in [3.05, 3.63) is 53.8 Å². The summed E-state index contributed by atoms with van der Waals surface area (Å²) in [5, 5.41) is -0.360. The van der Waals surface area contributed by atoms with Gasteiger partial charge in [0.05, 0.1) is 6.61 Å². The first-order chi connectivity index (χ1) is 10.9. The van der Waals surface area contributed by atoms with Crippen LogP contribution in [0.15, 0.2) is 52.0 Å². The molecular formula is C15H19ClN2O5S. The van der Waals surface area contributed by atoms with E-state index in [0.717, 1.165) is 5.56 Å². The summed E-state index contributed by atoms with van der Waals surface area (Å²) >= 11 is 0. The molecule has 0 amide bonds. The molecule has 0 aliphatic heterocycles. The van der Waals surface area contributed by atoms with Crippen LogP contribution in [0.2, 0.25) is 0 Å². The topological polar surface area (TPSA) is 112 Å². The van der Waals surface area contributed by atoms with Crippen LogP contribution in [0.25, 0.3) is 0 Å². The van der Waals surface area contributed by atoms with Gasteiger partial charge in [-0.15, -0.1) is 12.4 Å². The van der Waals surface area contributed by atoms with E-state index < -0.39 is 22.0 Å². The molecule has 2 rings (SSSR count). The van der Waals surface area contributed by atoms with Gasteiger partial charge in [0.2, 0.25) is 10.9 Å². The van der Waals surface area contributed by atoms with E-state index in [1.165, 1.54) is 12.1 Å². The minimum Gasteiger partial charge on any atom is -0.460 e. The van der Waals surface area contributed by atoms with E-state index >= 15 is 0 Å². The maximum atomic E-state index is 12.1. The molecule has 1 heterocycles. The summed E-state index contributed by atoms with van der Waals surface area (Å²) in [7, 11) is -3.90. The summed E-state index contributed by atoms with van der Waals surface area (Å²) in [5.74, 6) is -0.880. The van der Waals surface area contributed by atoms with Crippen LogP contribution >= 0.6 is 12.4 Å². The first-order valence-corrected chi connectivity index (χ1v) is 8.49. The van der Waals surface area contributed by atoms with Gasteiger partial charge in [-0.2, -0.15) is 0 Å². The second-order valence-electron chi connectivity index (χ2n) is 4.71. The normalized spacial score (nSPS) is 12.2. The van der Waals surface area contributed by atoms with E-state index in [2.05, 4.69) is 4.72 Å². The number of halogens is 1. The highest BCUT2D eigenvalue weighted by atomic mass is 35.5. The van der Waals surface area contributed by atoms with Crippen LogP contribution in [-0.2, 0) is 14.8 Å². The number of ether oxygens (including phenoxy) is 1. The first kappa shape index (κ1) is 20.2. The lowest BCUT2D eigenvalue weighted by molar-refractivity contribution is 0.0484. The van der Waals surface area contributed by atoms with Gasteiger partial charge >= 0.3 is 5.97 Å².